The van der Waals surface area contributed by atoms with Gasteiger partial charge in [0.15, 0.2) is 0 Å². The summed E-state index contributed by atoms with van der Waals surface area (Å²) < 4.78 is 5.57. The van der Waals surface area contributed by atoms with Gasteiger partial charge >= 0.3 is 0 Å². The van der Waals surface area contributed by atoms with Crippen molar-refractivity contribution in [1.82, 2.24) is 10.2 Å². The van der Waals surface area contributed by atoms with Crippen molar-refractivity contribution in [2.45, 2.75) is 70.0 Å². The fraction of sp³-hybridized carbons (Fsp3) is 0.500. The molecule has 6 heteroatoms. The first-order valence-electron chi connectivity index (χ1n) is 11.0. The number of carbonyl (C=O) groups is 2. The average molecular weight is 427 g/mol. The van der Waals surface area contributed by atoms with Crippen LogP contribution >= 0.6 is 11.3 Å². The van der Waals surface area contributed by atoms with E-state index in [1.807, 2.05) is 53.6 Å². The molecule has 0 bridgehead atoms. The summed E-state index contributed by atoms with van der Waals surface area (Å²) in [4.78, 5) is 29.7. The second-order valence-electron chi connectivity index (χ2n) is 8.18. The van der Waals surface area contributed by atoms with Crippen LogP contribution in [0.2, 0.25) is 0 Å². The maximum atomic E-state index is 13.5. The maximum absolute atomic E-state index is 13.5. The Kier molecular flexibility index (Phi) is 6.72. The third kappa shape index (κ3) is 5.04. The summed E-state index contributed by atoms with van der Waals surface area (Å²) in [5, 5.41) is 5.22. The largest absolute Gasteiger partial charge is 0.494 e. The van der Waals surface area contributed by atoms with Crippen molar-refractivity contribution in [3.8, 4) is 5.75 Å². The highest BCUT2D eigenvalue weighted by molar-refractivity contribution is 7.10. The molecular weight excluding hydrogens is 396 g/mol. The van der Waals surface area contributed by atoms with Crippen molar-refractivity contribution in [3.63, 3.8) is 0 Å². The molecule has 2 aromatic rings. The number of thiophene rings is 1. The lowest BCUT2D eigenvalue weighted by molar-refractivity contribution is -0.141. The van der Waals surface area contributed by atoms with Gasteiger partial charge in [0.1, 0.15) is 11.8 Å². The highest BCUT2D eigenvalue weighted by atomic mass is 32.1. The number of rotatable bonds is 9. The van der Waals surface area contributed by atoms with Gasteiger partial charge < -0.3 is 15.0 Å². The van der Waals surface area contributed by atoms with Crippen molar-refractivity contribution >= 4 is 23.2 Å². The minimum atomic E-state index is -0.596. The van der Waals surface area contributed by atoms with Crippen LogP contribution in [0.15, 0.2) is 41.8 Å². The second kappa shape index (κ2) is 9.65. The van der Waals surface area contributed by atoms with Crippen LogP contribution in [-0.4, -0.2) is 35.4 Å². The number of amides is 2. The van der Waals surface area contributed by atoms with Crippen molar-refractivity contribution in [3.05, 3.63) is 52.2 Å². The summed E-state index contributed by atoms with van der Waals surface area (Å²) in [5.74, 6) is 0.747. The van der Waals surface area contributed by atoms with Gasteiger partial charge in [-0.25, -0.2) is 0 Å². The molecule has 1 unspecified atom stereocenters. The highest BCUT2D eigenvalue weighted by Gasteiger charge is 2.41. The van der Waals surface area contributed by atoms with Crippen LogP contribution in [0.4, 0.5) is 0 Å². The zero-order chi connectivity index (χ0) is 20.9. The second-order valence-corrected chi connectivity index (χ2v) is 9.22. The topological polar surface area (TPSA) is 58.6 Å². The van der Waals surface area contributed by atoms with Crippen LogP contribution in [0.1, 0.15) is 61.9 Å². The summed E-state index contributed by atoms with van der Waals surface area (Å²) in [5.41, 5.74) is 0.848. The van der Waals surface area contributed by atoms with E-state index < -0.39 is 6.04 Å². The van der Waals surface area contributed by atoms with Gasteiger partial charge in [0, 0.05) is 17.0 Å². The zero-order valence-electron chi connectivity index (χ0n) is 17.5. The Morgan fingerprint density at radius 2 is 1.87 bits per heavy atom. The molecule has 4 rings (SSSR count). The number of ether oxygens (including phenoxy) is 1. The zero-order valence-corrected chi connectivity index (χ0v) is 18.3. The van der Waals surface area contributed by atoms with Crippen molar-refractivity contribution in [2.75, 3.05) is 6.61 Å². The van der Waals surface area contributed by atoms with Gasteiger partial charge in [-0.15, -0.1) is 11.3 Å². The van der Waals surface area contributed by atoms with E-state index in [0.717, 1.165) is 54.7 Å². The standard InChI is InChI=1S/C24H30N2O3S/c1-2-29-20-13-9-17(10-14-20)23(24(28)25-18-6-3-4-7-18)26(19-11-12-19)22(27)16-21-8-5-15-30-21/h5,8-10,13-15,18-19,23H,2-4,6-7,11-12,16H2,1H3,(H,25,28). The fourth-order valence-electron chi connectivity index (χ4n) is 4.27. The third-order valence-electron chi connectivity index (χ3n) is 5.87. The molecule has 2 fully saturated rings. The van der Waals surface area contributed by atoms with Gasteiger partial charge in [-0.1, -0.05) is 31.0 Å². The average Bonchev–Trinajstić information content (AvgIpc) is 3.19. The number of carbonyl (C=O) groups excluding carboxylic acids is 2. The number of hydrogen-bond donors (Lipinski definition) is 1. The van der Waals surface area contributed by atoms with E-state index in [1.165, 1.54) is 0 Å². The summed E-state index contributed by atoms with van der Waals surface area (Å²) in [6.45, 7) is 2.54. The molecule has 2 amide bonds. The monoisotopic (exact) mass is 426 g/mol. The molecule has 0 saturated heterocycles. The molecule has 1 aromatic carbocycles. The summed E-state index contributed by atoms with van der Waals surface area (Å²) in [6, 6.07) is 11.4. The van der Waals surface area contributed by atoms with E-state index in [0.29, 0.717) is 13.0 Å². The van der Waals surface area contributed by atoms with E-state index in [2.05, 4.69) is 5.32 Å². The molecule has 2 aliphatic carbocycles. The molecule has 1 aromatic heterocycles. The van der Waals surface area contributed by atoms with Crippen LogP contribution in [0.25, 0.3) is 0 Å². The number of hydrogen-bond acceptors (Lipinski definition) is 4. The summed E-state index contributed by atoms with van der Waals surface area (Å²) in [6.07, 6.45) is 6.62. The quantitative estimate of drug-likeness (QED) is 0.643. The predicted molar refractivity (Wildman–Crippen MR) is 119 cm³/mol. The Morgan fingerprint density at radius 1 is 1.13 bits per heavy atom. The Morgan fingerprint density at radius 3 is 2.47 bits per heavy atom. The molecule has 160 valence electrons. The Balaban J connectivity index is 1.61. The molecule has 2 aliphatic rings. The molecule has 0 radical (unpaired) electrons. The van der Waals surface area contributed by atoms with Crippen molar-refractivity contribution < 1.29 is 14.3 Å². The molecule has 1 N–H and O–H groups in total. The summed E-state index contributed by atoms with van der Waals surface area (Å²) >= 11 is 1.59. The normalized spacial score (nSPS) is 17.5. The Bertz CT molecular complexity index is 840. The number of nitrogens with zero attached hydrogens (tertiary/aromatic N) is 1. The maximum Gasteiger partial charge on any atom is 0.247 e. The summed E-state index contributed by atoms with van der Waals surface area (Å²) in [7, 11) is 0. The molecule has 30 heavy (non-hydrogen) atoms. The highest BCUT2D eigenvalue weighted by Crippen LogP contribution is 2.36. The lowest BCUT2D eigenvalue weighted by Gasteiger charge is -2.32. The SMILES string of the molecule is CCOc1ccc(C(C(=O)NC2CCCC2)N(C(=O)Cc2cccs2)C2CC2)cc1. The van der Waals surface area contributed by atoms with E-state index in [9.17, 15) is 9.59 Å². The number of benzene rings is 1. The van der Waals surface area contributed by atoms with Gasteiger partial charge in [-0.05, 0) is 61.7 Å². The van der Waals surface area contributed by atoms with Crippen LogP contribution in [0.5, 0.6) is 5.75 Å². The van der Waals surface area contributed by atoms with Gasteiger partial charge in [-0.3, -0.25) is 9.59 Å². The molecule has 2 saturated carbocycles. The first-order valence-corrected chi connectivity index (χ1v) is 11.9. The van der Waals surface area contributed by atoms with Crippen LogP contribution in [0.3, 0.4) is 0 Å². The Hall–Kier alpha value is -2.34. The molecule has 1 atom stereocenters. The molecular formula is C24H30N2O3S. The molecule has 1 heterocycles. The first kappa shape index (κ1) is 20.9. The number of nitrogens with one attached hydrogen (secondary N) is 1. The smallest absolute Gasteiger partial charge is 0.247 e. The van der Waals surface area contributed by atoms with E-state index >= 15 is 0 Å². The van der Waals surface area contributed by atoms with Gasteiger partial charge in [-0.2, -0.15) is 0 Å². The van der Waals surface area contributed by atoms with E-state index in [-0.39, 0.29) is 23.9 Å². The molecule has 0 aliphatic heterocycles. The fourth-order valence-corrected chi connectivity index (χ4v) is 4.96. The van der Waals surface area contributed by atoms with Gasteiger partial charge in [0.05, 0.1) is 13.0 Å². The van der Waals surface area contributed by atoms with Gasteiger partial charge in [0.2, 0.25) is 11.8 Å². The van der Waals surface area contributed by atoms with E-state index in [1.54, 1.807) is 11.3 Å². The third-order valence-corrected chi connectivity index (χ3v) is 6.75. The predicted octanol–water partition coefficient (Wildman–Crippen LogP) is 4.48. The molecule has 0 spiro atoms. The van der Waals surface area contributed by atoms with E-state index in [4.69, 9.17) is 4.74 Å². The minimum absolute atomic E-state index is 0.0282. The molecule has 5 nitrogen and oxygen atoms in total. The first-order chi connectivity index (χ1) is 14.7. The lowest BCUT2D eigenvalue weighted by Crippen LogP contribution is -2.47. The van der Waals surface area contributed by atoms with Gasteiger partial charge in [0.25, 0.3) is 0 Å². The van der Waals surface area contributed by atoms with Crippen molar-refractivity contribution in [2.24, 2.45) is 0 Å². The lowest BCUT2D eigenvalue weighted by atomic mass is 10.0. The van der Waals surface area contributed by atoms with Crippen LogP contribution in [0, 0.1) is 0 Å². The minimum Gasteiger partial charge on any atom is -0.494 e. The van der Waals surface area contributed by atoms with Crippen molar-refractivity contribution in [1.29, 1.82) is 0 Å². The van der Waals surface area contributed by atoms with Crippen LogP contribution < -0.4 is 10.1 Å². The Labute approximate surface area is 182 Å². The van der Waals surface area contributed by atoms with Crippen LogP contribution in [-0.2, 0) is 16.0 Å².